The lowest BCUT2D eigenvalue weighted by Gasteiger charge is -2.31. The van der Waals surface area contributed by atoms with Gasteiger partial charge >= 0.3 is 0 Å². The highest BCUT2D eigenvalue weighted by Crippen LogP contribution is 2.41. The highest BCUT2D eigenvalue weighted by Gasteiger charge is 2.45. The molecule has 0 bridgehead atoms. The van der Waals surface area contributed by atoms with E-state index in [-0.39, 0.29) is 5.78 Å². The van der Waals surface area contributed by atoms with Crippen molar-refractivity contribution >= 4 is 17.4 Å². The molecule has 1 atom stereocenters. The second-order valence-corrected chi connectivity index (χ2v) is 8.22. The van der Waals surface area contributed by atoms with Crippen LogP contribution in [-0.4, -0.2) is 10.4 Å². The number of hydrogen-bond acceptors (Lipinski definition) is 3. The topological polar surface area (TPSA) is 40.5 Å². The van der Waals surface area contributed by atoms with Gasteiger partial charge in [0.05, 0.1) is 11.4 Å². The van der Waals surface area contributed by atoms with Gasteiger partial charge in [-0.2, -0.15) is 0 Å². The van der Waals surface area contributed by atoms with Gasteiger partial charge in [-0.15, -0.1) is 0 Å². The average Bonchev–Trinajstić information content (AvgIpc) is 3.28. The number of nitrogens with zero attached hydrogens (tertiary/aromatic N) is 1. The fraction of sp³-hybridized carbons (Fsp3) is 0.148. The summed E-state index contributed by atoms with van der Waals surface area (Å²) in [5.74, 6) is 1.35. The van der Waals surface area contributed by atoms with Crippen molar-refractivity contribution in [1.29, 1.82) is 0 Å². The van der Waals surface area contributed by atoms with Crippen LogP contribution >= 0.6 is 11.6 Å². The summed E-state index contributed by atoms with van der Waals surface area (Å²) in [6.45, 7) is 2.38. The number of halogens is 1. The first-order valence-electron chi connectivity index (χ1n) is 10.6. The van der Waals surface area contributed by atoms with E-state index in [4.69, 9.17) is 21.1 Å². The molecule has 0 amide bonds. The van der Waals surface area contributed by atoms with Crippen molar-refractivity contribution in [1.82, 2.24) is 4.57 Å². The first kappa shape index (κ1) is 20.4. The molecule has 0 unspecified atom stereocenters. The summed E-state index contributed by atoms with van der Waals surface area (Å²) in [4.78, 5) is 13.8. The molecule has 3 aromatic carbocycles. The quantitative estimate of drug-likeness (QED) is 0.349. The summed E-state index contributed by atoms with van der Waals surface area (Å²) in [5, 5.41) is 0.636. The zero-order valence-corrected chi connectivity index (χ0v) is 18.4. The van der Waals surface area contributed by atoms with Gasteiger partial charge in [-0.05, 0) is 54.4 Å². The molecule has 1 aromatic heterocycles. The van der Waals surface area contributed by atoms with Gasteiger partial charge in [0.25, 0.3) is 0 Å². The molecule has 0 aliphatic carbocycles. The van der Waals surface area contributed by atoms with Crippen LogP contribution in [0.3, 0.4) is 0 Å². The van der Waals surface area contributed by atoms with Crippen molar-refractivity contribution in [2.24, 2.45) is 0 Å². The first-order valence-corrected chi connectivity index (χ1v) is 11.0. The van der Waals surface area contributed by atoms with Crippen molar-refractivity contribution in [2.75, 3.05) is 0 Å². The van der Waals surface area contributed by atoms with Crippen LogP contribution in [0, 0.1) is 0 Å². The Balaban J connectivity index is 1.48. The lowest BCUT2D eigenvalue weighted by molar-refractivity contribution is 0.0424. The summed E-state index contributed by atoms with van der Waals surface area (Å²) in [6, 6.07) is 26.7. The Hall–Kier alpha value is -3.50. The Kier molecular flexibility index (Phi) is 5.24. The summed E-state index contributed by atoms with van der Waals surface area (Å²) in [5.41, 5.74) is 2.19. The molecule has 4 aromatic rings. The van der Waals surface area contributed by atoms with E-state index >= 15 is 0 Å². The number of Topliss-reactive ketones (excluding diaryl/α,β-unsaturated/α-hetero) is 1. The molecule has 5 heteroatoms. The van der Waals surface area contributed by atoms with Gasteiger partial charge < -0.3 is 14.0 Å². The van der Waals surface area contributed by atoms with Gasteiger partial charge in [-0.25, -0.2) is 0 Å². The minimum Gasteiger partial charge on any atom is -0.489 e. The third kappa shape index (κ3) is 3.47. The maximum Gasteiger partial charge on any atom is 0.227 e. The van der Waals surface area contributed by atoms with E-state index in [9.17, 15) is 4.79 Å². The third-order valence-electron chi connectivity index (χ3n) is 5.88. The van der Waals surface area contributed by atoms with Crippen LogP contribution in [0.1, 0.15) is 35.0 Å². The molecule has 1 aliphatic heterocycles. The van der Waals surface area contributed by atoms with Gasteiger partial charge in [0.1, 0.15) is 18.1 Å². The summed E-state index contributed by atoms with van der Waals surface area (Å²) >= 11 is 6.03. The van der Waals surface area contributed by atoms with Crippen LogP contribution in [0.5, 0.6) is 11.5 Å². The molecule has 0 N–H and O–H groups in total. The predicted octanol–water partition coefficient (Wildman–Crippen LogP) is 6.59. The van der Waals surface area contributed by atoms with E-state index in [1.54, 1.807) is 6.07 Å². The summed E-state index contributed by atoms with van der Waals surface area (Å²) in [6.07, 6.45) is 2.40. The fourth-order valence-corrected chi connectivity index (χ4v) is 4.36. The molecule has 0 fully saturated rings. The molecule has 0 saturated carbocycles. The number of rotatable bonds is 5. The van der Waals surface area contributed by atoms with Crippen molar-refractivity contribution < 1.29 is 14.3 Å². The van der Waals surface area contributed by atoms with Crippen LogP contribution < -0.4 is 9.47 Å². The number of ether oxygens (including phenoxy) is 2. The molecule has 0 radical (unpaired) electrons. The van der Waals surface area contributed by atoms with E-state index in [1.165, 1.54) is 0 Å². The summed E-state index contributed by atoms with van der Waals surface area (Å²) < 4.78 is 14.3. The standard InChI is InChI=1S/C27H22ClNO3/c1-2-27(20-14-12-19(13-15-20)18-31-22-8-5-7-21(28)17-22)26(30)24-10-6-16-29(24)23-9-3-4-11-25(23)32-27/h3-17H,2,18H2,1H3/t27-/m0/s1. The SMILES string of the molecule is CC[C@@]1(c2ccc(COc3cccc(Cl)c3)cc2)Oc2ccccc2-n2cccc2C1=O. The van der Waals surface area contributed by atoms with E-state index in [0.29, 0.717) is 35.2 Å². The van der Waals surface area contributed by atoms with Crippen LogP contribution in [-0.2, 0) is 12.2 Å². The second kappa shape index (κ2) is 8.21. The van der Waals surface area contributed by atoms with Crippen molar-refractivity contribution in [3.63, 3.8) is 0 Å². The Morgan fingerprint density at radius 1 is 0.969 bits per heavy atom. The van der Waals surface area contributed by atoms with Gasteiger partial charge in [-0.3, -0.25) is 4.79 Å². The maximum absolute atomic E-state index is 13.8. The Labute approximate surface area is 192 Å². The Bertz CT molecular complexity index is 1280. The minimum atomic E-state index is -1.10. The zero-order chi connectivity index (χ0) is 22.1. The molecule has 32 heavy (non-hydrogen) atoms. The fourth-order valence-electron chi connectivity index (χ4n) is 4.18. The highest BCUT2D eigenvalue weighted by atomic mass is 35.5. The van der Waals surface area contributed by atoms with E-state index < -0.39 is 5.60 Å². The van der Waals surface area contributed by atoms with Crippen LogP contribution in [0.2, 0.25) is 5.02 Å². The minimum absolute atomic E-state index is 0.0517. The molecule has 2 heterocycles. The monoisotopic (exact) mass is 443 g/mol. The number of carbonyl (C=O) groups excluding carboxylic acids is 1. The smallest absolute Gasteiger partial charge is 0.227 e. The van der Waals surface area contributed by atoms with Gasteiger partial charge in [0, 0.05) is 16.8 Å². The number of benzene rings is 3. The van der Waals surface area contributed by atoms with E-state index in [1.807, 2.05) is 96.6 Å². The lowest BCUT2D eigenvalue weighted by atomic mass is 9.84. The number of ketones is 1. The molecule has 4 nitrogen and oxygen atoms in total. The third-order valence-corrected chi connectivity index (χ3v) is 6.11. The molecular formula is C27H22ClNO3. The summed E-state index contributed by atoms with van der Waals surface area (Å²) in [7, 11) is 0. The molecule has 0 saturated heterocycles. The number of hydrogen-bond donors (Lipinski definition) is 0. The Morgan fingerprint density at radius 3 is 2.56 bits per heavy atom. The molecular weight excluding hydrogens is 422 g/mol. The van der Waals surface area contributed by atoms with Crippen molar-refractivity contribution in [3.8, 4) is 17.2 Å². The number of para-hydroxylation sites is 2. The normalized spacial score (nSPS) is 17.1. The largest absolute Gasteiger partial charge is 0.489 e. The molecule has 160 valence electrons. The highest BCUT2D eigenvalue weighted by molar-refractivity contribution is 6.30. The van der Waals surface area contributed by atoms with E-state index in [2.05, 4.69) is 0 Å². The number of carbonyl (C=O) groups is 1. The maximum atomic E-state index is 13.8. The average molecular weight is 444 g/mol. The molecule has 1 aliphatic rings. The number of fused-ring (bicyclic) bond motifs is 3. The number of aromatic nitrogens is 1. The lowest BCUT2D eigenvalue weighted by Crippen LogP contribution is -2.41. The first-order chi connectivity index (χ1) is 15.6. The van der Waals surface area contributed by atoms with Gasteiger partial charge in [0.15, 0.2) is 5.60 Å². The van der Waals surface area contributed by atoms with Crippen molar-refractivity contribution in [2.45, 2.75) is 25.6 Å². The van der Waals surface area contributed by atoms with Crippen LogP contribution in [0.15, 0.2) is 91.1 Å². The second-order valence-electron chi connectivity index (χ2n) is 7.79. The molecule has 0 spiro atoms. The van der Waals surface area contributed by atoms with Gasteiger partial charge in [0.2, 0.25) is 5.78 Å². The van der Waals surface area contributed by atoms with Gasteiger partial charge in [-0.1, -0.05) is 61.0 Å². The van der Waals surface area contributed by atoms with E-state index in [0.717, 1.165) is 16.8 Å². The zero-order valence-electron chi connectivity index (χ0n) is 17.6. The van der Waals surface area contributed by atoms with Crippen molar-refractivity contribution in [3.05, 3.63) is 113 Å². The Morgan fingerprint density at radius 2 is 1.78 bits per heavy atom. The predicted molar refractivity (Wildman–Crippen MR) is 125 cm³/mol. The molecule has 5 rings (SSSR count). The van der Waals surface area contributed by atoms with Crippen LogP contribution in [0.25, 0.3) is 5.69 Å². The van der Waals surface area contributed by atoms with Crippen LogP contribution in [0.4, 0.5) is 0 Å².